The molecule has 7 heteroatoms. The monoisotopic (exact) mass is 250 g/mol. The van der Waals surface area contributed by atoms with Crippen molar-refractivity contribution in [2.24, 2.45) is 5.11 Å². The van der Waals surface area contributed by atoms with E-state index >= 15 is 0 Å². The molecule has 1 aromatic rings. The Kier molecular flexibility index (Phi) is 4.95. The predicted octanol–water partition coefficient (Wildman–Crippen LogP) is 3.29. The molecule has 0 bridgehead atoms. The molecule has 1 aromatic carbocycles. The van der Waals surface area contributed by atoms with Crippen molar-refractivity contribution in [3.63, 3.8) is 0 Å². The van der Waals surface area contributed by atoms with E-state index in [0.717, 1.165) is 5.56 Å². The maximum absolute atomic E-state index is 10.8. The Morgan fingerprint density at radius 1 is 1.44 bits per heavy atom. The van der Waals surface area contributed by atoms with Crippen molar-refractivity contribution in [3.05, 3.63) is 43.8 Å². The molecule has 0 spiro atoms. The van der Waals surface area contributed by atoms with Crippen LogP contribution in [0.15, 0.2) is 17.2 Å². The van der Waals surface area contributed by atoms with Gasteiger partial charge in [0.25, 0.3) is 5.69 Å². The summed E-state index contributed by atoms with van der Waals surface area (Å²) >= 11 is 0. The predicted molar refractivity (Wildman–Crippen MR) is 66.7 cm³/mol. The summed E-state index contributed by atoms with van der Waals surface area (Å²) in [5, 5.41) is 14.2. The molecule has 0 aliphatic carbocycles. The molecule has 1 rings (SSSR count). The molecule has 0 aliphatic heterocycles. The largest absolute Gasteiger partial charge is 0.493 e. The number of nitrogens with zero attached hydrogens (tertiary/aromatic N) is 4. The molecule has 0 amide bonds. The van der Waals surface area contributed by atoms with Crippen molar-refractivity contribution in [1.82, 2.24) is 0 Å². The second-order valence-corrected chi connectivity index (χ2v) is 3.82. The van der Waals surface area contributed by atoms with E-state index < -0.39 is 4.92 Å². The highest BCUT2D eigenvalue weighted by Crippen LogP contribution is 2.28. The van der Waals surface area contributed by atoms with E-state index in [9.17, 15) is 10.1 Å². The summed E-state index contributed by atoms with van der Waals surface area (Å²) in [5.74, 6) is 0.494. The maximum Gasteiger partial charge on any atom is 0.276 e. The topological polar surface area (TPSA) is 101 Å². The van der Waals surface area contributed by atoms with Crippen LogP contribution in [0.5, 0.6) is 5.75 Å². The van der Waals surface area contributed by atoms with Crippen molar-refractivity contribution in [1.29, 1.82) is 0 Å². The summed E-state index contributed by atoms with van der Waals surface area (Å²) in [5.41, 5.74) is 9.60. The second-order valence-electron chi connectivity index (χ2n) is 3.82. The molecule has 0 aromatic heterocycles. The van der Waals surface area contributed by atoms with Gasteiger partial charge in [-0.2, -0.15) is 0 Å². The first kappa shape index (κ1) is 13.8. The fraction of sp³-hybridized carbons (Fsp3) is 0.455. The van der Waals surface area contributed by atoms with Gasteiger partial charge in [-0.05, 0) is 37.4 Å². The molecule has 0 radical (unpaired) electrons. The normalized spacial score (nSPS) is 9.67. The average molecular weight is 250 g/mol. The van der Waals surface area contributed by atoms with Crippen LogP contribution in [0.4, 0.5) is 5.69 Å². The van der Waals surface area contributed by atoms with Crippen LogP contribution in [-0.4, -0.2) is 18.1 Å². The lowest BCUT2D eigenvalue weighted by Gasteiger charge is -2.09. The summed E-state index contributed by atoms with van der Waals surface area (Å²) in [6.07, 6.45) is 0.575. The van der Waals surface area contributed by atoms with Gasteiger partial charge in [-0.15, -0.1) is 0 Å². The lowest BCUT2D eigenvalue weighted by molar-refractivity contribution is -0.385. The van der Waals surface area contributed by atoms with E-state index in [1.807, 2.05) is 6.92 Å². The van der Waals surface area contributed by atoms with Crippen LogP contribution in [0.1, 0.15) is 17.5 Å². The van der Waals surface area contributed by atoms with Crippen LogP contribution >= 0.6 is 0 Å². The highest BCUT2D eigenvalue weighted by Gasteiger charge is 2.14. The molecule has 0 aliphatic rings. The molecule has 18 heavy (non-hydrogen) atoms. The Bertz CT molecular complexity index is 495. The van der Waals surface area contributed by atoms with E-state index in [0.29, 0.717) is 30.9 Å². The minimum Gasteiger partial charge on any atom is -0.493 e. The zero-order valence-electron chi connectivity index (χ0n) is 10.3. The number of hydrogen-bond donors (Lipinski definition) is 0. The summed E-state index contributed by atoms with van der Waals surface area (Å²) in [4.78, 5) is 13.0. The van der Waals surface area contributed by atoms with Crippen LogP contribution in [0, 0.1) is 24.0 Å². The first-order valence-corrected chi connectivity index (χ1v) is 5.45. The standard InChI is InChI=1S/C11H14N4O3/c1-8-6-9(2)11(7-10(8)15(16)17)18-5-3-4-13-14-12/h6-7H,3-5H2,1-2H3. The number of ether oxygens (including phenoxy) is 1. The summed E-state index contributed by atoms with van der Waals surface area (Å²) < 4.78 is 5.44. The zero-order valence-corrected chi connectivity index (χ0v) is 10.3. The Morgan fingerprint density at radius 3 is 2.78 bits per heavy atom. The van der Waals surface area contributed by atoms with Crippen LogP contribution in [-0.2, 0) is 0 Å². The van der Waals surface area contributed by atoms with E-state index in [1.54, 1.807) is 13.0 Å². The lowest BCUT2D eigenvalue weighted by atomic mass is 10.1. The minimum absolute atomic E-state index is 0.0469. The van der Waals surface area contributed by atoms with Gasteiger partial charge in [-0.25, -0.2) is 0 Å². The highest BCUT2D eigenvalue weighted by molar-refractivity contribution is 5.49. The molecule has 96 valence electrons. The van der Waals surface area contributed by atoms with Gasteiger partial charge in [0, 0.05) is 17.0 Å². The fourth-order valence-electron chi connectivity index (χ4n) is 1.54. The molecule has 0 atom stereocenters. The molecule has 0 fully saturated rings. The van der Waals surface area contributed by atoms with Crippen molar-refractivity contribution in [3.8, 4) is 5.75 Å². The van der Waals surface area contributed by atoms with Crippen LogP contribution < -0.4 is 4.74 Å². The van der Waals surface area contributed by atoms with E-state index in [4.69, 9.17) is 10.3 Å². The molecule has 0 saturated carbocycles. The van der Waals surface area contributed by atoms with Gasteiger partial charge in [0.15, 0.2) is 0 Å². The number of nitro benzene ring substituents is 1. The van der Waals surface area contributed by atoms with E-state index in [-0.39, 0.29) is 5.69 Å². The Balaban J connectivity index is 2.73. The first-order valence-electron chi connectivity index (χ1n) is 5.45. The molecule has 0 unspecified atom stereocenters. The van der Waals surface area contributed by atoms with Gasteiger partial charge in [0.05, 0.1) is 17.6 Å². The van der Waals surface area contributed by atoms with Crippen molar-refractivity contribution >= 4 is 5.69 Å². The van der Waals surface area contributed by atoms with Gasteiger partial charge in [0.1, 0.15) is 5.75 Å². The second kappa shape index (κ2) is 6.46. The summed E-state index contributed by atoms with van der Waals surface area (Å²) in [7, 11) is 0. The highest BCUT2D eigenvalue weighted by atomic mass is 16.6. The fourth-order valence-corrected chi connectivity index (χ4v) is 1.54. The molecule has 7 nitrogen and oxygen atoms in total. The molecule has 0 heterocycles. The first-order chi connectivity index (χ1) is 8.56. The summed E-state index contributed by atoms with van der Waals surface area (Å²) in [6, 6.07) is 3.15. The number of nitro groups is 1. The Morgan fingerprint density at radius 2 is 2.17 bits per heavy atom. The third kappa shape index (κ3) is 3.64. The molecule has 0 N–H and O–H groups in total. The van der Waals surface area contributed by atoms with Crippen molar-refractivity contribution in [2.45, 2.75) is 20.3 Å². The third-order valence-electron chi connectivity index (χ3n) is 2.41. The summed E-state index contributed by atoms with van der Waals surface area (Å²) in [6.45, 7) is 4.24. The molecular formula is C11H14N4O3. The van der Waals surface area contributed by atoms with Gasteiger partial charge >= 0.3 is 0 Å². The van der Waals surface area contributed by atoms with Crippen LogP contribution in [0.25, 0.3) is 10.4 Å². The number of aryl methyl sites for hydroxylation is 2. The van der Waals surface area contributed by atoms with Gasteiger partial charge in [-0.3, -0.25) is 10.1 Å². The van der Waals surface area contributed by atoms with Crippen molar-refractivity contribution in [2.75, 3.05) is 13.2 Å². The number of rotatable bonds is 6. The van der Waals surface area contributed by atoms with Crippen molar-refractivity contribution < 1.29 is 9.66 Å². The number of hydrogen-bond acceptors (Lipinski definition) is 4. The molecule has 0 saturated heterocycles. The minimum atomic E-state index is -0.429. The zero-order chi connectivity index (χ0) is 13.5. The van der Waals surface area contributed by atoms with E-state index in [2.05, 4.69) is 10.0 Å². The molecular weight excluding hydrogens is 236 g/mol. The van der Waals surface area contributed by atoms with Gasteiger partial charge in [0.2, 0.25) is 0 Å². The number of benzene rings is 1. The maximum atomic E-state index is 10.8. The smallest absolute Gasteiger partial charge is 0.276 e. The average Bonchev–Trinajstić information content (AvgIpc) is 2.30. The van der Waals surface area contributed by atoms with Crippen LogP contribution in [0.3, 0.4) is 0 Å². The van der Waals surface area contributed by atoms with E-state index in [1.165, 1.54) is 6.07 Å². The SMILES string of the molecule is Cc1cc(C)c([N+](=O)[O-])cc1OCCCN=[N+]=[N-]. The third-order valence-corrected chi connectivity index (χ3v) is 2.41. The quantitative estimate of drug-likeness (QED) is 0.193. The van der Waals surface area contributed by atoms with Gasteiger partial charge < -0.3 is 4.74 Å². The number of azide groups is 1. The lowest BCUT2D eigenvalue weighted by Crippen LogP contribution is -2.02. The van der Waals surface area contributed by atoms with Gasteiger partial charge in [-0.1, -0.05) is 5.11 Å². The Hall–Kier alpha value is -2.27. The Labute approximate surface area is 104 Å². The van der Waals surface area contributed by atoms with Crippen LogP contribution in [0.2, 0.25) is 0 Å².